The third-order valence-electron chi connectivity index (χ3n) is 6.69. The molecule has 1 saturated heterocycles. The Morgan fingerprint density at radius 2 is 2.15 bits per heavy atom. The third kappa shape index (κ3) is 2.77. The van der Waals surface area contributed by atoms with Crippen LogP contribution < -0.4 is 11.1 Å². The maximum atomic E-state index is 13.2. The largest absolute Gasteiger partial charge is 0.399 e. The number of fused-ring (bicyclic) bond motifs is 1. The fourth-order valence-electron chi connectivity index (χ4n) is 5.00. The van der Waals surface area contributed by atoms with Crippen LogP contribution in [-0.4, -0.2) is 35.3 Å². The van der Waals surface area contributed by atoms with Crippen molar-refractivity contribution in [1.82, 2.24) is 10.2 Å². The summed E-state index contributed by atoms with van der Waals surface area (Å²) in [7, 11) is 0. The summed E-state index contributed by atoms with van der Waals surface area (Å²) in [5.74, 6) is 0.696. The number of nitrogens with two attached hydrogens (primary N) is 1. The van der Waals surface area contributed by atoms with Crippen molar-refractivity contribution in [1.29, 1.82) is 0 Å². The quantitative estimate of drug-likeness (QED) is 0.793. The lowest BCUT2D eigenvalue weighted by molar-refractivity contribution is -0.141. The van der Waals surface area contributed by atoms with Gasteiger partial charge in [-0.25, -0.2) is 0 Å². The van der Waals surface area contributed by atoms with Gasteiger partial charge < -0.3 is 16.0 Å². The summed E-state index contributed by atoms with van der Waals surface area (Å²) >= 11 is 6.14. The second-order valence-electron chi connectivity index (χ2n) is 8.43. The number of amides is 2. The van der Waals surface area contributed by atoms with Crippen molar-refractivity contribution in [2.24, 2.45) is 11.3 Å². The molecular formula is C20H26ClN3O2. The molecular weight excluding hydrogens is 350 g/mol. The minimum Gasteiger partial charge on any atom is -0.399 e. The zero-order valence-electron chi connectivity index (χ0n) is 15.2. The number of likely N-dealkylation sites (tertiary alicyclic amines) is 1. The third-order valence-corrected chi connectivity index (χ3v) is 7.01. The van der Waals surface area contributed by atoms with Gasteiger partial charge in [0.05, 0.1) is 21.5 Å². The van der Waals surface area contributed by atoms with Crippen molar-refractivity contribution < 1.29 is 9.59 Å². The summed E-state index contributed by atoms with van der Waals surface area (Å²) in [6.45, 7) is 3.33. The van der Waals surface area contributed by atoms with E-state index in [4.69, 9.17) is 17.3 Å². The molecule has 2 aliphatic carbocycles. The van der Waals surface area contributed by atoms with Crippen molar-refractivity contribution in [2.75, 3.05) is 18.8 Å². The van der Waals surface area contributed by atoms with E-state index in [1.165, 1.54) is 12.8 Å². The molecule has 1 aliphatic heterocycles. The van der Waals surface area contributed by atoms with E-state index in [1.807, 2.05) is 4.90 Å². The van der Waals surface area contributed by atoms with E-state index in [-0.39, 0.29) is 16.9 Å². The summed E-state index contributed by atoms with van der Waals surface area (Å²) in [4.78, 5) is 27.8. The normalized spacial score (nSPS) is 32.4. The van der Waals surface area contributed by atoms with E-state index < -0.39 is 0 Å². The molecule has 3 aliphatic rings. The Bertz CT molecular complexity index is 767. The molecule has 0 bridgehead atoms. The van der Waals surface area contributed by atoms with Crippen molar-refractivity contribution in [3.8, 4) is 0 Å². The first-order valence-electron chi connectivity index (χ1n) is 9.51. The van der Waals surface area contributed by atoms with Crippen molar-refractivity contribution in [3.63, 3.8) is 0 Å². The lowest BCUT2D eigenvalue weighted by Gasteiger charge is -2.37. The molecule has 0 aromatic heterocycles. The first-order chi connectivity index (χ1) is 12.4. The Labute approximate surface area is 159 Å². The van der Waals surface area contributed by atoms with Crippen molar-refractivity contribution >= 4 is 29.1 Å². The molecule has 3 fully saturated rings. The summed E-state index contributed by atoms with van der Waals surface area (Å²) in [6.07, 6.45) is 6.37. The van der Waals surface area contributed by atoms with Crippen LogP contribution in [0.25, 0.3) is 0 Å². The second kappa shape index (κ2) is 6.15. The van der Waals surface area contributed by atoms with E-state index in [0.29, 0.717) is 34.6 Å². The van der Waals surface area contributed by atoms with Gasteiger partial charge in [-0.2, -0.15) is 0 Å². The van der Waals surface area contributed by atoms with Crippen LogP contribution >= 0.6 is 11.6 Å². The number of nitrogens with zero attached hydrogens (tertiary/aromatic N) is 1. The summed E-state index contributed by atoms with van der Waals surface area (Å²) in [5, 5.41) is 3.33. The van der Waals surface area contributed by atoms with Crippen LogP contribution in [0.15, 0.2) is 18.2 Å². The Hall–Kier alpha value is -1.75. The molecule has 0 spiro atoms. The number of benzene rings is 1. The number of nitrogen functional groups attached to an aromatic ring is 1. The molecule has 1 unspecified atom stereocenters. The van der Waals surface area contributed by atoms with Gasteiger partial charge in [-0.3, -0.25) is 9.59 Å². The van der Waals surface area contributed by atoms with E-state index in [0.717, 1.165) is 32.2 Å². The predicted molar refractivity (Wildman–Crippen MR) is 102 cm³/mol. The number of nitrogens with one attached hydrogen (secondary N) is 1. The molecule has 4 rings (SSSR count). The molecule has 26 heavy (non-hydrogen) atoms. The number of hydrogen-bond donors (Lipinski definition) is 2. The lowest BCUT2D eigenvalue weighted by atomic mass is 9.94. The minimum absolute atomic E-state index is 0.0735. The fraction of sp³-hybridized carbons (Fsp3) is 0.600. The van der Waals surface area contributed by atoms with E-state index >= 15 is 0 Å². The zero-order chi connectivity index (χ0) is 18.5. The highest BCUT2D eigenvalue weighted by Gasteiger charge is 2.64. The van der Waals surface area contributed by atoms with Gasteiger partial charge in [0.2, 0.25) is 5.91 Å². The van der Waals surface area contributed by atoms with E-state index in [1.54, 1.807) is 18.2 Å². The second-order valence-corrected chi connectivity index (χ2v) is 8.84. The van der Waals surface area contributed by atoms with Crippen LogP contribution in [0.5, 0.6) is 0 Å². The zero-order valence-corrected chi connectivity index (χ0v) is 15.9. The first-order valence-corrected chi connectivity index (χ1v) is 9.89. The van der Waals surface area contributed by atoms with E-state index in [2.05, 4.69) is 12.2 Å². The van der Waals surface area contributed by atoms with Crippen molar-refractivity contribution in [2.45, 2.75) is 51.0 Å². The Morgan fingerprint density at radius 3 is 2.81 bits per heavy atom. The van der Waals surface area contributed by atoms with Gasteiger partial charge in [0.1, 0.15) is 0 Å². The monoisotopic (exact) mass is 375 g/mol. The number of carbonyl (C=O) groups is 2. The summed E-state index contributed by atoms with van der Waals surface area (Å²) < 4.78 is 0. The number of carbonyl (C=O) groups excluding carboxylic acids is 2. The molecule has 6 heteroatoms. The topological polar surface area (TPSA) is 75.4 Å². The molecule has 5 nitrogen and oxygen atoms in total. The highest BCUT2D eigenvalue weighted by atomic mass is 35.5. The standard InChI is InChI=1S/C20H26ClN3O2/c1-19(12-23-17(25)15-6-5-14(22)10-16(15)21)7-3-9-24(19)18(26)20-8-2-4-13(20)11-20/h5-6,10,13H,2-4,7-9,11-12,22H2,1H3,(H,23,25)/t13-,19?,20-/m1/s1. The molecule has 2 amide bonds. The van der Waals surface area contributed by atoms with Crippen LogP contribution in [0.1, 0.15) is 55.8 Å². The molecule has 3 atom stereocenters. The van der Waals surface area contributed by atoms with Gasteiger partial charge in [0, 0.05) is 18.8 Å². The van der Waals surface area contributed by atoms with Gasteiger partial charge in [-0.05, 0) is 63.1 Å². The molecule has 1 aromatic rings. The molecule has 1 heterocycles. The Kier molecular flexibility index (Phi) is 4.18. The number of rotatable bonds is 4. The van der Waals surface area contributed by atoms with Gasteiger partial charge >= 0.3 is 0 Å². The van der Waals surface area contributed by atoms with Crippen LogP contribution in [0, 0.1) is 11.3 Å². The average Bonchev–Trinajstić information content (AvgIpc) is 2.96. The maximum Gasteiger partial charge on any atom is 0.252 e. The lowest BCUT2D eigenvalue weighted by Crippen LogP contribution is -2.54. The predicted octanol–water partition coefficient (Wildman–Crippen LogP) is 3.22. The van der Waals surface area contributed by atoms with Crippen LogP contribution in [0.3, 0.4) is 0 Å². The molecule has 0 radical (unpaired) electrons. The Balaban J connectivity index is 1.44. The SMILES string of the molecule is CC1(CNC(=O)c2ccc(N)cc2Cl)CCCN1C(=O)[C@@]12CCC[C@@H]1C2. The number of halogens is 1. The van der Waals surface area contributed by atoms with Crippen molar-refractivity contribution in [3.05, 3.63) is 28.8 Å². The smallest absolute Gasteiger partial charge is 0.252 e. The summed E-state index contributed by atoms with van der Waals surface area (Å²) in [5.41, 5.74) is 6.24. The van der Waals surface area contributed by atoms with Crippen LogP contribution in [-0.2, 0) is 4.79 Å². The highest BCUT2D eigenvalue weighted by Crippen LogP contribution is 2.65. The Morgan fingerprint density at radius 1 is 1.35 bits per heavy atom. The van der Waals surface area contributed by atoms with Gasteiger partial charge in [-0.15, -0.1) is 0 Å². The highest BCUT2D eigenvalue weighted by molar-refractivity contribution is 6.34. The molecule has 1 aromatic carbocycles. The summed E-state index contributed by atoms with van der Waals surface area (Å²) in [6, 6.07) is 4.88. The minimum atomic E-state index is -0.322. The first kappa shape index (κ1) is 17.7. The van der Waals surface area contributed by atoms with Gasteiger partial charge in [0.25, 0.3) is 5.91 Å². The average molecular weight is 376 g/mol. The van der Waals surface area contributed by atoms with Crippen LogP contribution in [0.2, 0.25) is 5.02 Å². The van der Waals surface area contributed by atoms with E-state index in [9.17, 15) is 9.59 Å². The van der Waals surface area contributed by atoms with Crippen LogP contribution in [0.4, 0.5) is 5.69 Å². The fourth-order valence-corrected chi connectivity index (χ4v) is 5.28. The molecule has 2 saturated carbocycles. The molecule has 3 N–H and O–H groups in total. The molecule has 140 valence electrons. The maximum absolute atomic E-state index is 13.2. The number of hydrogen-bond acceptors (Lipinski definition) is 3. The van der Waals surface area contributed by atoms with Gasteiger partial charge in [-0.1, -0.05) is 18.0 Å². The van der Waals surface area contributed by atoms with Gasteiger partial charge in [0.15, 0.2) is 0 Å². The number of anilines is 1.